The Morgan fingerprint density at radius 2 is 1.54 bits per heavy atom. The predicted octanol–water partition coefficient (Wildman–Crippen LogP) is 1.74. The summed E-state index contributed by atoms with van der Waals surface area (Å²) in [5.74, 6) is 10.9. The molecule has 2 atom stereocenters. The molecule has 120 valence electrons. The van der Waals surface area contributed by atoms with Crippen molar-refractivity contribution in [2.24, 2.45) is 5.73 Å². The van der Waals surface area contributed by atoms with Crippen LogP contribution < -0.4 is 11.1 Å². The Morgan fingerprint density at radius 1 is 1.00 bits per heavy atom. The molecule has 0 aliphatic rings. The summed E-state index contributed by atoms with van der Waals surface area (Å²) in [4.78, 5) is 11.3. The average Bonchev–Trinajstić information content (AvgIpc) is 2.58. The number of nitrogens with one attached hydrogen (secondary N) is 1. The van der Waals surface area contributed by atoms with Gasteiger partial charge in [0.2, 0.25) is 5.91 Å². The molecule has 2 unspecified atom stereocenters. The first-order chi connectivity index (χ1) is 11.6. The van der Waals surface area contributed by atoms with E-state index in [1.165, 1.54) is 6.92 Å². The third-order valence-electron chi connectivity index (χ3n) is 3.25. The van der Waals surface area contributed by atoms with Crippen LogP contribution in [0.2, 0.25) is 0 Å². The van der Waals surface area contributed by atoms with Crippen LogP contribution in [-0.2, 0) is 4.79 Å². The highest BCUT2D eigenvalue weighted by molar-refractivity contribution is 5.83. The Kier molecular flexibility index (Phi) is 6.02. The summed E-state index contributed by atoms with van der Waals surface area (Å²) in [6.07, 6.45) is -0.879. The van der Waals surface area contributed by atoms with Gasteiger partial charge in [0.15, 0.2) is 0 Å². The molecule has 0 saturated heterocycles. The highest BCUT2D eigenvalue weighted by atomic mass is 16.3. The Morgan fingerprint density at radius 3 is 2.04 bits per heavy atom. The van der Waals surface area contributed by atoms with E-state index in [1.54, 1.807) is 24.3 Å². The third-order valence-corrected chi connectivity index (χ3v) is 3.25. The largest absolute Gasteiger partial charge is 0.391 e. The van der Waals surface area contributed by atoms with Gasteiger partial charge in [-0.2, -0.15) is 0 Å². The molecule has 0 radical (unpaired) electrons. The molecule has 1 amide bonds. The monoisotopic (exact) mass is 318 g/mol. The Balaban J connectivity index is 2.02. The van der Waals surface area contributed by atoms with Gasteiger partial charge in [-0.05, 0) is 55.2 Å². The molecular formula is C20H18N2O2. The second-order valence-corrected chi connectivity index (χ2v) is 5.21. The number of aliphatic hydroxyl groups excluding tert-OH is 1. The smallest absolute Gasteiger partial charge is 0.242 e. The van der Waals surface area contributed by atoms with Gasteiger partial charge in [-0.1, -0.05) is 30.0 Å². The van der Waals surface area contributed by atoms with Gasteiger partial charge in [-0.25, -0.2) is 0 Å². The standard InChI is InChI=1S/C20H18N2O2/c1-15(23)19(20(21)24)22-18-13-11-17(12-14-18)10-6-5-9-16-7-3-2-4-8-16/h2-4,7-8,11-15,19,22-23H,1H3,(H2,21,24). The molecule has 0 spiro atoms. The normalized spacial score (nSPS) is 11.9. The molecule has 0 saturated carbocycles. The summed E-state index contributed by atoms with van der Waals surface area (Å²) < 4.78 is 0. The van der Waals surface area contributed by atoms with E-state index in [0.29, 0.717) is 5.69 Å². The molecule has 4 nitrogen and oxygen atoms in total. The molecule has 2 aromatic carbocycles. The number of hydrogen-bond acceptors (Lipinski definition) is 3. The van der Waals surface area contributed by atoms with Crippen molar-refractivity contribution in [1.29, 1.82) is 0 Å². The first-order valence-electron chi connectivity index (χ1n) is 7.47. The fourth-order valence-corrected chi connectivity index (χ4v) is 1.99. The van der Waals surface area contributed by atoms with Crippen molar-refractivity contribution in [2.75, 3.05) is 5.32 Å². The number of primary amides is 1. The first-order valence-corrected chi connectivity index (χ1v) is 7.47. The SMILES string of the molecule is CC(O)C(Nc1ccc(C#CC#Cc2ccccc2)cc1)C(N)=O. The minimum absolute atomic E-state index is 0.606. The summed E-state index contributed by atoms with van der Waals surface area (Å²) in [7, 11) is 0. The number of aliphatic hydroxyl groups is 1. The fourth-order valence-electron chi connectivity index (χ4n) is 1.99. The van der Waals surface area contributed by atoms with Gasteiger partial charge in [-0.15, -0.1) is 0 Å². The quantitative estimate of drug-likeness (QED) is 0.752. The molecule has 4 heteroatoms. The van der Waals surface area contributed by atoms with Gasteiger partial charge in [-0.3, -0.25) is 4.79 Å². The first kappa shape index (κ1) is 17.1. The van der Waals surface area contributed by atoms with Crippen molar-refractivity contribution < 1.29 is 9.90 Å². The molecule has 24 heavy (non-hydrogen) atoms. The van der Waals surface area contributed by atoms with E-state index in [4.69, 9.17) is 5.73 Å². The van der Waals surface area contributed by atoms with Gasteiger partial charge in [0, 0.05) is 16.8 Å². The van der Waals surface area contributed by atoms with Crippen LogP contribution >= 0.6 is 0 Å². The van der Waals surface area contributed by atoms with Crippen LogP contribution in [0.3, 0.4) is 0 Å². The van der Waals surface area contributed by atoms with Crippen molar-refractivity contribution in [2.45, 2.75) is 19.1 Å². The van der Waals surface area contributed by atoms with Crippen LogP contribution in [0.4, 0.5) is 5.69 Å². The predicted molar refractivity (Wildman–Crippen MR) is 94.9 cm³/mol. The Labute approximate surface area is 141 Å². The number of amides is 1. The molecule has 0 heterocycles. The van der Waals surface area contributed by atoms with Crippen LogP contribution in [0.15, 0.2) is 54.6 Å². The maximum atomic E-state index is 11.3. The number of anilines is 1. The zero-order valence-electron chi connectivity index (χ0n) is 13.3. The summed E-state index contributed by atoms with van der Waals surface area (Å²) in [6.45, 7) is 1.51. The summed E-state index contributed by atoms with van der Waals surface area (Å²) in [5.41, 5.74) is 7.65. The van der Waals surface area contributed by atoms with Crippen molar-refractivity contribution in [3.05, 3.63) is 65.7 Å². The topological polar surface area (TPSA) is 75.3 Å². The summed E-state index contributed by atoms with van der Waals surface area (Å²) >= 11 is 0. The molecule has 0 aliphatic heterocycles. The highest BCUT2D eigenvalue weighted by Gasteiger charge is 2.20. The van der Waals surface area contributed by atoms with Crippen LogP contribution in [0.25, 0.3) is 0 Å². The lowest BCUT2D eigenvalue weighted by molar-refractivity contribution is -0.120. The van der Waals surface area contributed by atoms with Crippen LogP contribution in [0.1, 0.15) is 18.1 Å². The summed E-state index contributed by atoms with van der Waals surface area (Å²) in [5, 5.41) is 12.4. The fraction of sp³-hybridized carbons (Fsp3) is 0.150. The van der Waals surface area contributed by atoms with E-state index < -0.39 is 18.1 Å². The van der Waals surface area contributed by atoms with Gasteiger partial charge in [0.1, 0.15) is 6.04 Å². The minimum Gasteiger partial charge on any atom is -0.391 e. The van der Waals surface area contributed by atoms with Crippen molar-refractivity contribution in [1.82, 2.24) is 0 Å². The number of benzene rings is 2. The zero-order chi connectivity index (χ0) is 17.4. The Bertz CT molecular complexity index is 804. The number of carbonyl (C=O) groups excluding carboxylic acids is 1. The molecule has 0 bridgehead atoms. The van der Waals surface area contributed by atoms with Gasteiger partial charge in [0.05, 0.1) is 6.10 Å². The van der Waals surface area contributed by atoms with E-state index in [1.807, 2.05) is 30.3 Å². The van der Waals surface area contributed by atoms with Gasteiger partial charge < -0.3 is 16.2 Å². The second-order valence-electron chi connectivity index (χ2n) is 5.21. The molecule has 4 N–H and O–H groups in total. The number of rotatable bonds is 4. The number of hydrogen-bond donors (Lipinski definition) is 3. The highest BCUT2D eigenvalue weighted by Crippen LogP contribution is 2.11. The molecule has 0 aliphatic carbocycles. The molecule has 2 rings (SSSR count). The molecule has 0 aromatic heterocycles. The Hall–Kier alpha value is -3.21. The van der Waals surface area contributed by atoms with E-state index in [-0.39, 0.29) is 0 Å². The zero-order valence-corrected chi connectivity index (χ0v) is 13.3. The summed E-state index contributed by atoms with van der Waals surface area (Å²) in [6, 6.07) is 16.0. The lowest BCUT2D eigenvalue weighted by Gasteiger charge is -2.19. The second kappa shape index (κ2) is 8.43. The lowest BCUT2D eigenvalue weighted by Crippen LogP contribution is -2.43. The van der Waals surface area contributed by atoms with E-state index in [0.717, 1.165) is 11.1 Å². The van der Waals surface area contributed by atoms with E-state index in [9.17, 15) is 9.90 Å². The third kappa shape index (κ3) is 5.21. The van der Waals surface area contributed by atoms with E-state index >= 15 is 0 Å². The molecule has 0 fully saturated rings. The van der Waals surface area contributed by atoms with Crippen LogP contribution in [-0.4, -0.2) is 23.2 Å². The average molecular weight is 318 g/mol. The maximum absolute atomic E-state index is 11.3. The lowest BCUT2D eigenvalue weighted by atomic mass is 10.1. The molecular weight excluding hydrogens is 300 g/mol. The van der Waals surface area contributed by atoms with Crippen molar-refractivity contribution in [3.8, 4) is 23.7 Å². The van der Waals surface area contributed by atoms with Crippen molar-refractivity contribution in [3.63, 3.8) is 0 Å². The van der Waals surface area contributed by atoms with E-state index in [2.05, 4.69) is 29.0 Å². The van der Waals surface area contributed by atoms with Gasteiger partial charge >= 0.3 is 0 Å². The molecule has 2 aromatic rings. The van der Waals surface area contributed by atoms with Crippen LogP contribution in [0.5, 0.6) is 0 Å². The van der Waals surface area contributed by atoms with Gasteiger partial charge in [0.25, 0.3) is 0 Å². The number of nitrogens with two attached hydrogens (primary N) is 1. The minimum atomic E-state index is -0.879. The maximum Gasteiger partial charge on any atom is 0.242 e. The van der Waals surface area contributed by atoms with Crippen LogP contribution in [0, 0.1) is 23.7 Å². The number of carbonyl (C=O) groups is 1. The van der Waals surface area contributed by atoms with Crippen molar-refractivity contribution >= 4 is 11.6 Å².